The Labute approximate surface area is 164 Å². The number of fused-ring (bicyclic) bond motifs is 1. The van der Waals surface area contributed by atoms with Gasteiger partial charge in [-0.2, -0.15) is 0 Å². The smallest absolute Gasteiger partial charge is 0.223 e. The second kappa shape index (κ2) is 7.61. The third-order valence-corrected chi connectivity index (χ3v) is 6.65. The van der Waals surface area contributed by atoms with Gasteiger partial charge >= 0.3 is 0 Å². The zero-order valence-electron chi connectivity index (χ0n) is 15.6. The van der Waals surface area contributed by atoms with E-state index < -0.39 is 11.0 Å². The highest BCUT2D eigenvalue weighted by Crippen LogP contribution is 2.26. The Balaban J connectivity index is 1.85. The third kappa shape index (κ3) is 4.17. The van der Waals surface area contributed by atoms with Gasteiger partial charge in [-0.15, -0.1) is 11.3 Å². The Morgan fingerprint density at radius 1 is 1.41 bits per heavy atom. The Kier molecular flexibility index (Phi) is 5.60. The molecule has 0 amide bonds. The molecule has 0 aliphatic heterocycles. The van der Waals surface area contributed by atoms with Gasteiger partial charge in [-0.3, -0.25) is 4.79 Å². The van der Waals surface area contributed by atoms with E-state index in [1.54, 1.807) is 12.3 Å². The monoisotopic (exact) mass is 407 g/mol. The molecule has 2 N–H and O–H groups in total. The number of halogens is 1. The van der Waals surface area contributed by atoms with Crippen LogP contribution in [0.4, 0.5) is 4.39 Å². The molecule has 0 fully saturated rings. The van der Waals surface area contributed by atoms with Crippen molar-refractivity contribution in [2.24, 2.45) is 0 Å². The molecule has 3 rings (SSSR count). The average molecular weight is 408 g/mol. The predicted octanol–water partition coefficient (Wildman–Crippen LogP) is 4.50. The summed E-state index contributed by atoms with van der Waals surface area (Å²) in [4.78, 5) is 20.3. The van der Waals surface area contributed by atoms with Crippen LogP contribution in [0.1, 0.15) is 61.2 Å². The molecule has 0 bridgehead atoms. The highest BCUT2D eigenvalue weighted by atomic mass is 32.2. The third-order valence-electron chi connectivity index (χ3n) is 4.18. The normalized spacial score (nSPS) is 14.4. The Morgan fingerprint density at radius 2 is 2.15 bits per heavy atom. The molecular weight excluding hydrogens is 385 g/mol. The van der Waals surface area contributed by atoms with Crippen LogP contribution in [0.5, 0.6) is 0 Å². The van der Waals surface area contributed by atoms with Gasteiger partial charge < -0.3 is 4.98 Å². The number of aromatic amines is 1. The van der Waals surface area contributed by atoms with Crippen LogP contribution in [0.3, 0.4) is 0 Å². The maximum absolute atomic E-state index is 13.3. The number of carbonyl (C=O) groups is 1. The number of ketones is 1. The molecule has 27 heavy (non-hydrogen) atoms. The highest BCUT2D eigenvalue weighted by Gasteiger charge is 2.25. The second-order valence-electron chi connectivity index (χ2n) is 7.26. The minimum atomic E-state index is -1.23. The van der Waals surface area contributed by atoms with Gasteiger partial charge in [-0.25, -0.2) is 18.3 Å². The number of nitrogens with zero attached hydrogens (tertiary/aromatic N) is 1. The minimum Gasteiger partial charge on any atom is -0.360 e. The molecule has 0 aliphatic rings. The van der Waals surface area contributed by atoms with E-state index in [9.17, 15) is 13.4 Å². The number of hydrogen-bond acceptors (Lipinski definition) is 4. The molecule has 3 aromatic rings. The number of hydrogen-bond donors (Lipinski definition) is 2. The summed E-state index contributed by atoms with van der Waals surface area (Å²) in [7, 11) is -1.23. The first kappa shape index (κ1) is 19.9. The maximum Gasteiger partial charge on any atom is 0.223 e. The molecule has 8 heteroatoms. The van der Waals surface area contributed by atoms with Crippen LogP contribution in [0.2, 0.25) is 0 Å². The number of H-pyrrole nitrogens is 1. The number of carbonyl (C=O) groups excluding carboxylic acids is 1. The van der Waals surface area contributed by atoms with Crippen LogP contribution >= 0.6 is 11.3 Å². The fraction of sp³-hybridized carbons (Fsp3) is 0.368. The summed E-state index contributed by atoms with van der Waals surface area (Å²) in [5.41, 5.74) is 1.74. The summed E-state index contributed by atoms with van der Waals surface area (Å²) in [5, 5.41) is 2.84. The summed E-state index contributed by atoms with van der Waals surface area (Å²) in [5.74, 6) is -0.570. The van der Waals surface area contributed by atoms with Crippen molar-refractivity contribution in [1.82, 2.24) is 14.7 Å². The average Bonchev–Trinajstić information content (AvgIpc) is 3.24. The molecule has 0 aliphatic carbocycles. The molecular formula is C19H22FN3O2S2. The van der Waals surface area contributed by atoms with Gasteiger partial charge in [-0.05, 0) is 45.4 Å². The predicted molar refractivity (Wildman–Crippen MR) is 108 cm³/mol. The van der Waals surface area contributed by atoms with Crippen LogP contribution < -0.4 is 4.72 Å². The van der Waals surface area contributed by atoms with E-state index in [-0.39, 0.29) is 22.4 Å². The van der Waals surface area contributed by atoms with E-state index >= 15 is 0 Å². The van der Waals surface area contributed by atoms with Crippen LogP contribution in [0.15, 0.2) is 29.8 Å². The number of benzene rings is 1. The molecule has 1 aromatic carbocycles. The summed E-state index contributed by atoms with van der Waals surface area (Å²) in [6.45, 7) is 7.68. The van der Waals surface area contributed by atoms with Gasteiger partial charge in [-0.1, -0.05) is 6.92 Å². The molecule has 144 valence electrons. The summed E-state index contributed by atoms with van der Waals surface area (Å²) in [6, 6.07) is 4.09. The van der Waals surface area contributed by atoms with Crippen molar-refractivity contribution in [2.45, 2.75) is 44.9 Å². The van der Waals surface area contributed by atoms with Crippen LogP contribution in [0, 0.1) is 5.82 Å². The first-order valence-corrected chi connectivity index (χ1v) is 10.7. The van der Waals surface area contributed by atoms with Crippen LogP contribution in [0.25, 0.3) is 10.9 Å². The Morgan fingerprint density at radius 3 is 2.81 bits per heavy atom. The molecule has 1 unspecified atom stereocenters. The number of aromatic nitrogens is 2. The van der Waals surface area contributed by atoms with Gasteiger partial charge in [0.05, 0.1) is 33.0 Å². The Bertz CT molecular complexity index is 1000. The van der Waals surface area contributed by atoms with Gasteiger partial charge in [0.25, 0.3) is 0 Å². The molecule has 5 nitrogen and oxygen atoms in total. The fourth-order valence-electron chi connectivity index (χ4n) is 2.61. The van der Waals surface area contributed by atoms with E-state index in [2.05, 4.69) is 14.7 Å². The van der Waals surface area contributed by atoms with Crippen molar-refractivity contribution in [1.29, 1.82) is 0 Å². The van der Waals surface area contributed by atoms with Gasteiger partial charge in [0.2, 0.25) is 5.78 Å². The highest BCUT2D eigenvalue weighted by molar-refractivity contribution is 7.84. The molecule has 0 radical (unpaired) electrons. The lowest BCUT2D eigenvalue weighted by atomic mass is 10.1. The molecule has 2 heterocycles. The lowest BCUT2D eigenvalue weighted by Crippen LogP contribution is -2.35. The van der Waals surface area contributed by atoms with E-state index in [0.717, 1.165) is 0 Å². The Hall–Kier alpha value is -1.90. The fourth-order valence-corrected chi connectivity index (χ4v) is 4.33. The summed E-state index contributed by atoms with van der Waals surface area (Å²) >= 11 is 1.26. The first-order valence-electron chi connectivity index (χ1n) is 8.65. The van der Waals surface area contributed by atoms with Crippen molar-refractivity contribution in [2.75, 3.05) is 0 Å². The van der Waals surface area contributed by atoms with Crippen LogP contribution in [-0.4, -0.2) is 24.7 Å². The summed E-state index contributed by atoms with van der Waals surface area (Å²) in [6.07, 6.45) is 2.28. The van der Waals surface area contributed by atoms with E-state index in [0.29, 0.717) is 33.6 Å². The van der Waals surface area contributed by atoms with Crippen molar-refractivity contribution >= 4 is 39.0 Å². The van der Waals surface area contributed by atoms with Gasteiger partial charge in [0.15, 0.2) is 5.01 Å². The minimum absolute atomic E-state index is 0.195. The van der Waals surface area contributed by atoms with Crippen molar-refractivity contribution < 1.29 is 13.4 Å². The molecule has 0 saturated heterocycles. The lowest BCUT2D eigenvalue weighted by molar-refractivity contribution is 0.103. The SMILES string of the molecule is CC[C@H](NS(=O)C(C)(C)C)c1csc(C(=O)c2c[nH]c3cc(F)ccc23)n1. The molecule has 0 spiro atoms. The van der Waals surface area contributed by atoms with E-state index in [1.165, 1.54) is 23.5 Å². The van der Waals surface area contributed by atoms with Crippen LogP contribution in [-0.2, 0) is 11.0 Å². The van der Waals surface area contributed by atoms with Crippen molar-refractivity contribution in [3.63, 3.8) is 0 Å². The zero-order valence-corrected chi connectivity index (χ0v) is 17.3. The number of nitrogens with one attached hydrogen (secondary N) is 2. The maximum atomic E-state index is 13.3. The zero-order chi connectivity index (χ0) is 19.8. The largest absolute Gasteiger partial charge is 0.360 e. The second-order valence-corrected chi connectivity index (χ2v) is 10.1. The number of rotatable bonds is 6. The quantitative estimate of drug-likeness (QED) is 0.591. The van der Waals surface area contributed by atoms with Crippen molar-refractivity contribution in [3.05, 3.63) is 51.9 Å². The lowest BCUT2D eigenvalue weighted by Gasteiger charge is -2.22. The molecule has 0 saturated carbocycles. The van der Waals surface area contributed by atoms with Gasteiger partial charge in [0, 0.05) is 22.5 Å². The topological polar surface area (TPSA) is 74.8 Å². The first-order chi connectivity index (χ1) is 12.7. The van der Waals surface area contributed by atoms with E-state index in [4.69, 9.17) is 0 Å². The van der Waals surface area contributed by atoms with E-state index in [1.807, 2.05) is 33.1 Å². The van der Waals surface area contributed by atoms with Gasteiger partial charge in [0.1, 0.15) is 5.82 Å². The number of thiazole rings is 1. The summed E-state index contributed by atoms with van der Waals surface area (Å²) < 4.78 is 28.4. The molecule has 2 aromatic heterocycles. The molecule has 2 atom stereocenters. The van der Waals surface area contributed by atoms with Crippen molar-refractivity contribution in [3.8, 4) is 0 Å². The standard InChI is InChI=1S/C19H22FN3O2S2/c1-5-14(23-27(25)19(2,3)4)16-10-26-18(22-16)17(24)13-9-21-15-8-11(20)6-7-12(13)15/h6-10,14,21,23H,5H2,1-4H3/t14-,27?/m0/s1.